The lowest BCUT2D eigenvalue weighted by molar-refractivity contribution is 0.621. The normalized spacial score (nSPS) is 14.8. The lowest BCUT2D eigenvalue weighted by Crippen LogP contribution is -2.42. The molecule has 19 heavy (non-hydrogen) atoms. The van der Waals surface area contributed by atoms with Gasteiger partial charge in [-0.05, 0) is 44.0 Å². The maximum Gasteiger partial charge on any atom is 0.156 e. The Labute approximate surface area is 118 Å². The van der Waals surface area contributed by atoms with E-state index in [1.165, 1.54) is 0 Å². The van der Waals surface area contributed by atoms with Gasteiger partial charge in [0.2, 0.25) is 0 Å². The third-order valence-electron chi connectivity index (χ3n) is 2.86. The summed E-state index contributed by atoms with van der Waals surface area (Å²) in [6.45, 7) is 1.92. The van der Waals surface area contributed by atoms with Crippen LogP contribution in [0.1, 0.15) is 6.92 Å². The molecule has 0 spiro atoms. The summed E-state index contributed by atoms with van der Waals surface area (Å²) in [6.07, 6.45) is 0. The summed E-state index contributed by atoms with van der Waals surface area (Å²) >= 11 is 4.49. The first-order valence-corrected chi connectivity index (χ1v) is 6.42. The molecule has 0 fully saturated rings. The Balaban J connectivity index is 2.02. The van der Waals surface area contributed by atoms with E-state index in [9.17, 15) is 0 Å². The van der Waals surface area contributed by atoms with Crippen LogP contribution in [0, 0.1) is 0 Å². The smallest absolute Gasteiger partial charge is 0.156 e. The van der Waals surface area contributed by atoms with Gasteiger partial charge in [0.05, 0.1) is 11.4 Å². The summed E-state index contributed by atoms with van der Waals surface area (Å²) < 4.78 is 1.72. The van der Waals surface area contributed by atoms with Crippen LogP contribution in [0.2, 0.25) is 0 Å². The molecule has 2 aromatic carbocycles. The van der Waals surface area contributed by atoms with Crippen molar-refractivity contribution in [2.45, 2.75) is 6.92 Å². The topological polar surface area (TPSA) is 22.1 Å². The van der Waals surface area contributed by atoms with E-state index in [1.807, 2.05) is 77.8 Å². The fraction of sp³-hybridized carbons (Fsp3) is 0.0714. The lowest BCUT2D eigenvalue weighted by atomic mass is 10.3. The van der Waals surface area contributed by atoms with Crippen molar-refractivity contribution in [3.63, 3.8) is 0 Å². The molecule has 0 unspecified atom stereocenters. The minimum absolute atomic E-state index is 0.816. The number of benzene rings is 2. The van der Waals surface area contributed by atoms with Crippen LogP contribution in [-0.2, 0) is 0 Å². The molecule has 0 bridgehead atoms. The molecular weight excluding hydrogens is 256 g/mol. The summed E-state index contributed by atoms with van der Waals surface area (Å²) in [5.74, 6) is 0.816. The standard InChI is InChI=1S/C14H14N4S/c1-12-15-16(13-8-4-2-5-9-13)17(18(12)19)14-10-6-3-7-11-14/h2-11,19H,1H3. The van der Waals surface area contributed by atoms with Gasteiger partial charge in [0.1, 0.15) is 0 Å². The maximum absolute atomic E-state index is 4.52. The summed E-state index contributed by atoms with van der Waals surface area (Å²) in [6, 6.07) is 20.0. The molecule has 3 rings (SSSR count). The second-order valence-electron chi connectivity index (χ2n) is 4.19. The fourth-order valence-electron chi connectivity index (χ4n) is 1.95. The van der Waals surface area contributed by atoms with Gasteiger partial charge in [-0.25, -0.2) is 0 Å². The van der Waals surface area contributed by atoms with Gasteiger partial charge in [0.25, 0.3) is 0 Å². The molecule has 1 heterocycles. The molecule has 1 aliphatic rings. The summed E-state index contributed by atoms with van der Waals surface area (Å²) in [5.41, 5.74) is 1.99. The first-order chi connectivity index (χ1) is 9.27. The number of hydrogen-bond acceptors (Lipinski definition) is 5. The molecule has 0 aromatic heterocycles. The van der Waals surface area contributed by atoms with Crippen molar-refractivity contribution in [1.29, 1.82) is 0 Å². The second-order valence-corrected chi connectivity index (χ2v) is 4.57. The number of hydrazone groups is 1. The van der Waals surface area contributed by atoms with Crippen molar-refractivity contribution in [3.05, 3.63) is 60.7 Å². The molecule has 2 aromatic rings. The van der Waals surface area contributed by atoms with Crippen molar-refractivity contribution in [3.8, 4) is 0 Å². The fourth-order valence-corrected chi connectivity index (χ4v) is 2.16. The third kappa shape index (κ3) is 2.13. The van der Waals surface area contributed by atoms with Gasteiger partial charge in [0, 0.05) is 0 Å². The minimum Gasteiger partial charge on any atom is -0.193 e. The average molecular weight is 270 g/mol. The number of para-hydroxylation sites is 2. The number of hydrogen-bond donors (Lipinski definition) is 1. The molecule has 0 N–H and O–H groups in total. The lowest BCUT2D eigenvalue weighted by Gasteiger charge is -2.32. The number of nitrogens with zero attached hydrogens (tertiary/aromatic N) is 4. The van der Waals surface area contributed by atoms with Crippen molar-refractivity contribution in [2.24, 2.45) is 5.10 Å². The van der Waals surface area contributed by atoms with E-state index in [4.69, 9.17) is 0 Å². The van der Waals surface area contributed by atoms with E-state index in [-0.39, 0.29) is 0 Å². The van der Waals surface area contributed by atoms with Crippen LogP contribution in [0.5, 0.6) is 0 Å². The molecular formula is C14H14N4S. The number of rotatable bonds is 2. The molecule has 0 atom stereocenters. The Morgan fingerprint density at radius 1 is 0.842 bits per heavy atom. The Kier molecular flexibility index (Phi) is 3.05. The molecule has 0 amide bonds. The Bertz CT molecular complexity index is 585. The van der Waals surface area contributed by atoms with Crippen LogP contribution in [0.15, 0.2) is 65.8 Å². The SMILES string of the molecule is CC1=NN(c2ccccc2)N(c2ccccc2)N1S. The first-order valence-electron chi connectivity index (χ1n) is 6.02. The number of anilines is 2. The molecule has 0 saturated heterocycles. The van der Waals surface area contributed by atoms with Gasteiger partial charge in [-0.1, -0.05) is 36.4 Å². The van der Waals surface area contributed by atoms with Crippen molar-refractivity contribution in [2.75, 3.05) is 10.2 Å². The highest BCUT2D eigenvalue weighted by Crippen LogP contribution is 2.29. The van der Waals surface area contributed by atoms with Crippen LogP contribution < -0.4 is 10.2 Å². The first kappa shape index (κ1) is 11.9. The van der Waals surface area contributed by atoms with E-state index >= 15 is 0 Å². The van der Waals surface area contributed by atoms with Crippen LogP contribution in [0.3, 0.4) is 0 Å². The predicted molar refractivity (Wildman–Crippen MR) is 81.8 cm³/mol. The molecule has 0 saturated carbocycles. The number of amidine groups is 1. The van der Waals surface area contributed by atoms with Crippen LogP contribution in [0.4, 0.5) is 11.4 Å². The van der Waals surface area contributed by atoms with Gasteiger partial charge >= 0.3 is 0 Å². The summed E-state index contributed by atoms with van der Waals surface area (Å²) in [7, 11) is 0. The minimum atomic E-state index is 0.816. The zero-order chi connectivity index (χ0) is 13.2. The van der Waals surface area contributed by atoms with Gasteiger partial charge in [-0.3, -0.25) is 0 Å². The van der Waals surface area contributed by atoms with Crippen LogP contribution in [0.25, 0.3) is 0 Å². The van der Waals surface area contributed by atoms with Crippen molar-refractivity contribution in [1.82, 2.24) is 4.41 Å². The van der Waals surface area contributed by atoms with E-state index in [1.54, 1.807) is 4.41 Å². The van der Waals surface area contributed by atoms with Gasteiger partial charge in [-0.15, -0.1) is 5.10 Å². The summed E-state index contributed by atoms with van der Waals surface area (Å²) in [5, 5.41) is 8.26. The van der Waals surface area contributed by atoms with E-state index in [0.29, 0.717) is 0 Å². The van der Waals surface area contributed by atoms with E-state index < -0.39 is 0 Å². The van der Waals surface area contributed by atoms with Gasteiger partial charge in [-0.2, -0.15) is 14.7 Å². The Morgan fingerprint density at radius 3 is 1.95 bits per heavy atom. The Hall–Kier alpha value is -2.14. The monoisotopic (exact) mass is 270 g/mol. The largest absolute Gasteiger partial charge is 0.193 e. The zero-order valence-corrected chi connectivity index (χ0v) is 11.4. The maximum atomic E-state index is 4.52. The van der Waals surface area contributed by atoms with Crippen LogP contribution in [-0.4, -0.2) is 10.2 Å². The molecule has 0 radical (unpaired) electrons. The zero-order valence-electron chi connectivity index (χ0n) is 10.5. The quantitative estimate of drug-likeness (QED) is 0.846. The number of hydrazine groups is 2. The summed E-state index contributed by atoms with van der Waals surface area (Å²) in [4.78, 5) is 0. The third-order valence-corrected chi connectivity index (χ3v) is 3.32. The molecule has 96 valence electrons. The highest BCUT2D eigenvalue weighted by atomic mass is 32.1. The molecule has 1 aliphatic heterocycles. The van der Waals surface area contributed by atoms with Gasteiger partial charge < -0.3 is 0 Å². The van der Waals surface area contributed by atoms with E-state index in [0.717, 1.165) is 17.2 Å². The van der Waals surface area contributed by atoms with Crippen LogP contribution >= 0.6 is 12.8 Å². The van der Waals surface area contributed by atoms with Crippen molar-refractivity contribution < 1.29 is 0 Å². The Morgan fingerprint density at radius 2 is 1.37 bits per heavy atom. The van der Waals surface area contributed by atoms with Crippen molar-refractivity contribution >= 4 is 30.0 Å². The second kappa shape index (κ2) is 4.85. The highest BCUT2D eigenvalue weighted by molar-refractivity contribution is 7.78. The average Bonchev–Trinajstić information content (AvgIpc) is 2.77. The predicted octanol–water partition coefficient (Wildman–Crippen LogP) is 3.32. The highest BCUT2D eigenvalue weighted by Gasteiger charge is 2.29. The number of thiol groups is 1. The molecule has 0 aliphatic carbocycles. The molecule has 5 heteroatoms. The van der Waals surface area contributed by atoms with E-state index in [2.05, 4.69) is 17.9 Å². The molecule has 4 nitrogen and oxygen atoms in total. The van der Waals surface area contributed by atoms with Gasteiger partial charge in [0.15, 0.2) is 5.84 Å².